The van der Waals surface area contributed by atoms with E-state index in [0.717, 1.165) is 18.4 Å². The monoisotopic (exact) mass is 407 g/mol. The number of carbonyl (C=O) groups excluding carboxylic acids is 2. The van der Waals surface area contributed by atoms with Crippen LogP contribution in [0.3, 0.4) is 0 Å². The second kappa shape index (κ2) is 10.5. The van der Waals surface area contributed by atoms with Crippen molar-refractivity contribution in [2.75, 3.05) is 5.32 Å². The summed E-state index contributed by atoms with van der Waals surface area (Å²) in [5.41, 5.74) is 2.88. The largest absolute Gasteiger partial charge is 0.353 e. The Morgan fingerprint density at radius 1 is 0.931 bits per heavy atom. The van der Waals surface area contributed by atoms with Gasteiger partial charge in [0.05, 0.1) is 18.5 Å². The van der Waals surface area contributed by atoms with Crippen LogP contribution < -0.4 is 10.6 Å². The number of benzene rings is 2. The van der Waals surface area contributed by atoms with Crippen LogP contribution in [0.1, 0.15) is 30.2 Å². The standard InChI is InChI=1S/C23H25N3O2S/c1-17(12-13-18-8-4-2-5-9-18)24-22(28)15-20-16-29-23(25-20)26-21(27)14-19-10-6-3-7-11-19/h2-11,16-17H,12-15H2,1H3,(H,24,28)(H,25,26,27). The highest BCUT2D eigenvalue weighted by atomic mass is 32.1. The van der Waals surface area contributed by atoms with Crippen LogP contribution in [0, 0.1) is 0 Å². The molecule has 0 radical (unpaired) electrons. The maximum Gasteiger partial charge on any atom is 0.230 e. The first-order chi connectivity index (χ1) is 14.1. The van der Waals surface area contributed by atoms with Crippen molar-refractivity contribution in [3.63, 3.8) is 0 Å². The van der Waals surface area contributed by atoms with Gasteiger partial charge in [0, 0.05) is 11.4 Å². The molecule has 2 amide bonds. The van der Waals surface area contributed by atoms with Gasteiger partial charge in [0.1, 0.15) is 0 Å². The van der Waals surface area contributed by atoms with E-state index in [1.807, 2.05) is 60.8 Å². The number of carbonyl (C=O) groups is 2. The van der Waals surface area contributed by atoms with Gasteiger partial charge in [-0.25, -0.2) is 4.98 Å². The van der Waals surface area contributed by atoms with Gasteiger partial charge in [-0.2, -0.15) is 0 Å². The number of hydrogen-bond donors (Lipinski definition) is 2. The number of thiazole rings is 1. The van der Waals surface area contributed by atoms with Crippen LogP contribution in [-0.2, 0) is 28.9 Å². The molecule has 1 aromatic heterocycles. The molecular formula is C23H25N3O2S. The number of nitrogens with one attached hydrogen (secondary N) is 2. The summed E-state index contributed by atoms with van der Waals surface area (Å²) in [6.07, 6.45) is 2.32. The average Bonchev–Trinajstić information content (AvgIpc) is 3.14. The number of nitrogens with zero attached hydrogens (tertiary/aromatic N) is 1. The highest BCUT2D eigenvalue weighted by Crippen LogP contribution is 2.16. The molecule has 1 heterocycles. The summed E-state index contributed by atoms with van der Waals surface area (Å²) in [5.74, 6) is -0.172. The highest BCUT2D eigenvalue weighted by molar-refractivity contribution is 7.13. The molecule has 5 nitrogen and oxygen atoms in total. The van der Waals surface area contributed by atoms with Crippen LogP contribution in [0.5, 0.6) is 0 Å². The van der Waals surface area contributed by atoms with Crippen LogP contribution in [-0.4, -0.2) is 22.8 Å². The Bertz CT molecular complexity index is 926. The van der Waals surface area contributed by atoms with E-state index in [1.165, 1.54) is 16.9 Å². The molecule has 6 heteroatoms. The van der Waals surface area contributed by atoms with E-state index in [2.05, 4.69) is 27.8 Å². The number of aryl methyl sites for hydroxylation is 1. The zero-order valence-electron chi connectivity index (χ0n) is 16.4. The average molecular weight is 408 g/mol. The van der Waals surface area contributed by atoms with Crippen molar-refractivity contribution < 1.29 is 9.59 Å². The van der Waals surface area contributed by atoms with Gasteiger partial charge in [0.25, 0.3) is 0 Å². The Morgan fingerprint density at radius 2 is 1.59 bits per heavy atom. The fourth-order valence-corrected chi connectivity index (χ4v) is 3.71. The fraction of sp³-hybridized carbons (Fsp3) is 0.261. The maximum absolute atomic E-state index is 12.3. The number of amides is 2. The van der Waals surface area contributed by atoms with E-state index in [4.69, 9.17) is 0 Å². The Morgan fingerprint density at radius 3 is 2.28 bits per heavy atom. The topological polar surface area (TPSA) is 71.1 Å². The minimum Gasteiger partial charge on any atom is -0.353 e. The highest BCUT2D eigenvalue weighted by Gasteiger charge is 2.12. The lowest BCUT2D eigenvalue weighted by Crippen LogP contribution is -2.34. The molecule has 29 heavy (non-hydrogen) atoms. The second-order valence-corrected chi connectivity index (χ2v) is 7.88. The first-order valence-electron chi connectivity index (χ1n) is 9.70. The lowest BCUT2D eigenvalue weighted by Gasteiger charge is -2.13. The third-order valence-electron chi connectivity index (χ3n) is 4.46. The molecule has 0 bridgehead atoms. The number of aromatic nitrogens is 1. The summed E-state index contributed by atoms with van der Waals surface area (Å²) in [7, 11) is 0. The molecule has 0 aliphatic rings. The molecule has 0 saturated heterocycles. The van der Waals surface area contributed by atoms with E-state index < -0.39 is 0 Å². The molecule has 0 saturated carbocycles. The summed E-state index contributed by atoms with van der Waals surface area (Å²) in [6, 6.07) is 19.9. The van der Waals surface area contributed by atoms with Crippen LogP contribution in [0.2, 0.25) is 0 Å². The lowest BCUT2D eigenvalue weighted by molar-refractivity contribution is -0.121. The van der Waals surface area contributed by atoms with Crippen LogP contribution in [0.4, 0.5) is 5.13 Å². The van der Waals surface area contributed by atoms with E-state index >= 15 is 0 Å². The Hall–Kier alpha value is -2.99. The fourth-order valence-electron chi connectivity index (χ4n) is 2.98. The third-order valence-corrected chi connectivity index (χ3v) is 5.27. The van der Waals surface area contributed by atoms with E-state index in [9.17, 15) is 9.59 Å². The molecule has 0 fully saturated rings. The maximum atomic E-state index is 12.3. The van der Waals surface area contributed by atoms with Gasteiger partial charge in [0.2, 0.25) is 11.8 Å². The molecule has 0 aliphatic heterocycles. The first kappa shape index (κ1) is 20.7. The predicted octanol–water partition coefficient (Wildman–Crippen LogP) is 4.00. The summed E-state index contributed by atoms with van der Waals surface area (Å²) in [5, 5.41) is 8.15. The normalized spacial score (nSPS) is 11.6. The molecule has 3 rings (SSSR count). The molecule has 0 aliphatic carbocycles. The Kier molecular flexibility index (Phi) is 7.53. The summed E-state index contributed by atoms with van der Waals surface area (Å²) >= 11 is 1.33. The van der Waals surface area contributed by atoms with E-state index in [0.29, 0.717) is 17.2 Å². The SMILES string of the molecule is CC(CCc1ccccc1)NC(=O)Cc1csc(NC(=O)Cc2ccccc2)n1. The summed E-state index contributed by atoms with van der Waals surface area (Å²) < 4.78 is 0. The van der Waals surface area contributed by atoms with Crippen LogP contribution >= 0.6 is 11.3 Å². The van der Waals surface area contributed by atoms with E-state index in [-0.39, 0.29) is 24.3 Å². The lowest BCUT2D eigenvalue weighted by atomic mass is 10.1. The van der Waals surface area contributed by atoms with Crippen LogP contribution in [0.25, 0.3) is 0 Å². The molecular weight excluding hydrogens is 382 g/mol. The van der Waals surface area contributed by atoms with Crippen LogP contribution in [0.15, 0.2) is 66.0 Å². The van der Waals surface area contributed by atoms with Crippen molar-refractivity contribution in [3.05, 3.63) is 82.9 Å². The van der Waals surface area contributed by atoms with Gasteiger partial charge in [-0.3, -0.25) is 9.59 Å². The zero-order valence-corrected chi connectivity index (χ0v) is 17.2. The van der Waals surface area contributed by atoms with Crippen molar-refractivity contribution in [2.24, 2.45) is 0 Å². The van der Waals surface area contributed by atoms with Crippen molar-refractivity contribution in [3.8, 4) is 0 Å². The third kappa shape index (κ3) is 7.16. The molecule has 0 spiro atoms. The van der Waals surface area contributed by atoms with Crippen molar-refractivity contribution in [1.29, 1.82) is 0 Å². The Labute approximate surface area is 175 Å². The van der Waals surface area contributed by atoms with Gasteiger partial charge in [-0.05, 0) is 30.9 Å². The molecule has 1 unspecified atom stereocenters. The number of hydrogen-bond acceptors (Lipinski definition) is 4. The van der Waals surface area contributed by atoms with Gasteiger partial charge in [0.15, 0.2) is 5.13 Å². The predicted molar refractivity (Wildman–Crippen MR) is 117 cm³/mol. The summed E-state index contributed by atoms with van der Waals surface area (Å²) in [4.78, 5) is 28.8. The minimum absolute atomic E-state index is 0.0574. The quantitative estimate of drug-likeness (QED) is 0.563. The molecule has 2 aromatic carbocycles. The molecule has 150 valence electrons. The summed E-state index contributed by atoms with van der Waals surface area (Å²) in [6.45, 7) is 2.01. The van der Waals surface area contributed by atoms with Crippen molar-refractivity contribution >= 4 is 28.3 Å². The van der Waals surface area contributed by atoms with Gasteiger partial charge in [-0.15, -0.1) is 11.3 Å². The smallest absolute Gasteiger partial charge is 0.230 e. The number of rotatable bonds is 9. The molecule has 3 aromatic rings. The van der Waals surface area contributed by atoms with Gasteiger partial charge >= 0.3 is 0 Å². The second-order valence-electron chi connectivity index (χ2n) is 7.02. The number of anilines is 1. The first-order valence-corrected chi connectivity index (χ1v) is 10.6. The molecule has 2 N–H and O–H groups in total. The van der Waals surface area contributed by atoms with E-state index in [1.54, 1.807) is 0 Å². The van der Waals surface area contributed by atoms with Crippen molar-refractivity contribution in [1.82, 2.24) is 10.3 Å². The van der Waals surface area contributed by atoms with Gasteiger partial charge < -0.3 is 10.6 Å². The zero-order chi connectivity index (χ0) is 20.5. The Balaban J connectivity index is 1.41. The molecule has 1 atom stereocenters. The van der Waals surface area contributed by atoms with Gasteiger partial charge in [-0.1, -0.05) is 60.7 Å². The minimum atomic E-state index is -0.115. The van der Waals surface area contributed by atoms with Crippen molar-refractivity contribution in [2.45, 2.75) is 38.6 Å².